The van der Waals surface area contributed by atoms with Crippen LogP contribution in [0.3, 0.4) is 0 Å². The van der Waals surface area contributed by atoms with Crippen molar-refractivity contribution in [3.05, 3.63) is 47.9 Å². The Bertz CT molecular complexity index is 436. The van der Waals surface area contributed by atoms with Gasteiger partial charge in [-0.15, -0.1) is 30.3 Å². The molecule has 2 rings (SSSR count). The lowest BCUT2D eigenvalue weighted by molar-refractivity contribution is 0.930. The van der Waals surface area contributed by atoms with Crippen LogP contribution in [0, 0.1) is 0 Å². The predicted octanol–water partition coefficient (Wildman–Crippen LogP) is 3.51. The quantitative estimate of drug-likeness (QED) is 0.778. The SMILES string of the molecule is C=C[C@H](N)c1csc2ccccc12.Cl. The highest BCUT2D eigenvalue weighted by Gasteiger charge is 2.07. The van der Waals surface area contributed by atoms with Crippen LogP contribution >= 0.6 is 23.7 Å². The van der Waals surface area contributed by atoms with E-state index in [0.717, 1.165) is 0 Å². The molecular weight excluding hydrogens is 214 g/mol. The number of hydrogen-bond donors (Lipinski definition) is 1. The molecule has 0 saturated carbocycles. The molecule has 74 valence electrons. The van der Waals surface area contributed by atoms with Crippen molar-refractivity contribution in [2.75, 3.05) is 0 Å². The molecule has 1 heterocycles. The average molecular weight is 226 g/mol. The summed E-state index contributed by atoms with van der Waals surface area (Å²) in [5, 5.41) is 3.36. The van der Waals surface area contributed by atoms with E-state index in [1.807, 2.05) is 12.1 Å². The van der Waals surface area contributed by atoms with E-state index in [1.165, 1.54) is 15.6 Å². The van der Waals surface area contributed by atoms with E-state index in [4.69, 9.17) is 5.73 Å². The Morgan fingerprint density at radius 3 is 2.79 bits per heavy atom. The Kier molecular flexibility index (Phi) is 3.69. The van der Waals surface area contributed by atoms with Gasteiger partial charge in [0, 0.05) is 10.7 Å². The van der Waals surface area contributed by atoms with Gasteiger partial charge in [0.15, 0.2) is 0 Å². The van der Waals surface area contributed by atoms with E-state index in [9.17, 15) is 0 Å². The predicted molar refractivity (Wildman–Crippen MR) is 66.2 cm³/mol. The molecule has 1 aromatic heterocycles. The van der Waals surface area contributed by atoms with Crippen molar-refractivity contribution in [2.45, 2.75) is 6.04 Å². The smallest absolute Gasteiger partial charge is 0.0493 e. The van der Waals surface area contributed by atoms with Crippen LogP contribution in [0.4, 0.5) is 0 Å². The van der Waals surface area contributed by atoms with Gasteiger partial charge >= 0.3 is 0 Å². The molecule has 1 aromatic carbocycles. The molecule has 14 heavy (non-hydrogen) atoms. The van der Waals surface area contributed by atoms with Crippen LogP contribution in [0.5, 0.6) is 0 Å². The maximum Gasteiger partial charge on any atom is 0.0493 e. The molecular formula is C11H12ClNS. The minimum Gasteiger partial charge on any atom is -0.321 e. The van der Waals surface area contributed by atoms with Gasteiger partial charge in [0.2, 0.25) is 0 Å². The number of thiophene rings is 1. The van der Waals surface area contributed by atoms with E-state index < -0.39 is 0 Å². The summed E-state index contributed by atoms with van der Waals surface area (Å²) < 4.78 is 1.29. The van der Waals surface area contributed by atoms with Crippen LogP contribution in [0.15, 0.2) is 42.3 Å². The zero-order valence-electron chi connectivity index (χ0n) is 7.64. The molecule has 0 amide bonds. The highest BCUT2D eigenvalue weighted by molar-refractivity contribution is 7.17. The summed E-state index contributed by atoms with van der Waals surface area (Å²) >= 11 is 1.73. The average Bonchev–Trinajstić information content (AvgIpc) is 2.60. The lowest BCUT2D eigenvalue weighted by Crippen LogP contribution is -2.04. The number of benzene rings is 1. The van der Waals surface area contributed by atoms with Gasteiger partial charge in [-0.1, -0.05) is 24.3 Å². The van der Waals surface area contributed by atoms with Crippen molar-refractivity contribution in [1.82, 2.24) is 0 Å². The lowest BCUT2D eigenvalue weighted by Gasteiger charge is -2.03. The van der Waals surface area contributed by atoms with Gasteiger partial charge in [-0.3, -0.25) is 0 Å². The third-order valence-electron chi connectivity index (χ3n) is 2.12. The normalized spacial score (nSPS) is 12.1. The van der Waals surface area contributed by atoms with Crippen molar-refractivity contribution in [2.24, 2.45) is 5.73 Å². The van der Waals surface area contributed by atoms with Crippen LogP contribution in [-0.4, -0.2) is 0 Å². The molecule has 2 aromatic rings. The van der Waals surface area contributed by atoms with Crippen molar-refractivity contribution in [1.29, 1.82) is 0 Å². The van der Waals surface area contributed by atoms with Crippen molar-refractivity contribution < 1.29 is 0 Å². The molecule has 0 unspecified atom stereocenters. The van der Waals surface area contributed by atoms with Gasteiger partial charge < -0.3 is 5.73 Å². The summed E-state index contributed by atoms with van der Waals surface area (Å²) in [7, 11) is 0. The molecule has 0 aliphatic rings. The van der Waals surface area contributed by atoms with Crippen molar-refractivity contribution in [3.8, 4) is 0 Å². The molecule has 0 saturated heterocycles. The second kappa shape index (κ2) is 4.60. The first-order valence-electron chi connectivity index (χ1n) is 4.17. The lowest BCUT2D eigenvalue weighted by atomic mass is 10.1. The number of hydrogen-bond acceptors (Lipinski definition) is 2. The number of halogens is 1. The van der Waals surface area contributed by atoms with Gasteiger partial charge in [0.05, 0.1) is 0 Å². The van der Waals surface area contributed by atoms with Gasteiger partial charge in [0.25, 0.3) is 0 Å². The first-order chi connectivity index (χ1) is 6.33. The maximum absolute atomic E-state index is 5.89. The Balaban J connectivity index is 0.000000980. The fourth-order valence-corrected chi connectivity index (χ4v) is 2.39. The van der Waals surface area contributed by atoms with Crippen LogP contribution in [0.1, 0.15) is 11.6 Å². The van der Waals surface area contributed by atoms with E-state index >= 15 is 0 Å². The van der Waals surface area contributed by atoms with Gasteiger partial charge in [0.1, 0.15) is 0 Å². The number of nitrogens with two attached hydrogens (primary N) is 1. The Morgan fingerprint density at radius 1 is 1.36 bits per heavy atom. The summed E-state index contributed by atoms with van der Waals surface area (Å²) in [6.45, 7) is 3.70. The number of fused-ring (bicyclic) bond motifs is 1. The largest absolute Gasteiger partial charge is 0.321 e. The monoisotopic (exact) mass is 225 g/mol. The molecule has 0 radical (unpaired) electrons. The third-order valence-corrected chi connectivity index (χ3v) is 3.11. The summed E-state index contributed by atoms with van der Waals surface area (Å²) in [6.07, 6.45) is 1.77. The molecule has 0 fully saturated rings. The molecule has 0 bridgehead atoms. The minimum absolute atomic E-state index is 0. The Labute approximate surface area is 93.7 Å². The fourth-order valence-electron chi connectivity index (χ4n) is 1.38. The van der Waals surface area contributed by atoms with Crippen molar-refractivity contribution in [3.63, 3.8) is 0 Å². The summed E-state index contributed by atoms with van der Waals surface area (Å²) in [5.41, 5.74) is 7.07. The summed E-state index contributed by atoms with van der Waals surface area (Å²) in [6, 6.07) is 8.25. The second-order valence-corrected chi connectivity index (χ2v) is 3.86. The summed E-state index contributed by atoms with van der Waals surface area (Å²) in [5.74, 6) is 0. The standard InChI is InChI=1S/C11H11NS.ClH/c1-2-10(12)9-7-13-11-6-4-3-5-8(9)11;/h2-7,10H,1,12H2;1H/t10-;/m0./s1. The molecule has 0 aliphatic heterocycles. The zero-order valence-corrected chi connectivity index (χ0v) is 9.28. The minimum atomic E-state index is -0.0452. The topological polar surface area (TPSA) is 26.0 Å². The third kappa shape index (κ3) is 1.82. The Morgan fingerprint density at radius 2 is 2.07 bits per heavy atom. The summed E-state index contributed by atoms with van der Waals surface area (Å²) in [4.78, 5) is 0. The Hall–Kier alpha value is -0.830. The zero-order chi connectivity index (χ0) is 9.26. The second-order valence-electron chi connectivity index (χ2n) is 2.95. The van der Waals surface area contributed by atoms with Gasteiger partial charge in [-0.2, -0.15) is 0 Å². The van der Waals surface area contributed by atoms with E-state index in [0.29, 0.717) is 0 Å². The van der Waals surface area contributed by atoms with E-state index in [-0.39, 0.29) is 18.4 Å². The highest BCUT2D eigenvalue weighted by atomic mass is 35.5. The molecule has 0 spiro atoms. The molecule has 1 atom stereocenters. The molecule has 0 aliphatic carbocycles. The highest BCUT2D eigenvalue weighted by Crippen LogP contribution is 2.29. The number of rotatable bonds is 2. The van der Waals surface area contributed by atoms with Crippen molar-refractivity contribution >= 4 is 33.8 Å². The maximum atomic E-state index is 5.89. The van der Waals surface area contributed by atoms with E-state index in [1.54, 1.807) is 17.4 Å². The van der Waals surface area contributed by atoms with E-state index in [2.05, 4.69) is 24.1 Å². The first-order valence-corrected chi connectivity index (χ1v) is 5.05. The van der Waals surface area contributed by atoms with Crippen LogP contribution in [0.2, 0.25) is 0 Å². The van der Waals surface area contributed by atoms with Crippen LogP contribution in [0.25, 0.3) is 10.1 Å². The van der Waals surface area contributed by atoms with Crippen LogP contribution < -0.4 is 5.73 Å². The van der Waals surface area contributed by atoms with Crippen LogP contribution in [-0.2, 0) is 0 Å². The molecule has 1 nitrogen and oxygen atoms in total. The fraction of sp³-hybridized carbons (Fsp3) is 0.0909. The van der Waals surface area contributed by atoms with Gasteiger partial charge in [-0.05, 0) is 22.4 Å². The molecule has 3 heteroatoms. The molecule has 2 N–H and O–H groups in total. The first kappa shape index (κ1) is 11.2. The van der Waals surface area contributed by atoms with Gasteiger partial charge in [-0.25, -0.2) is 0 Å².